The minimum absolute atomic E-state index is 0.140. The minimum Gasteiger partial charge on any atom is -0.494 e. The van der Waals surface area contributed by atoms with Crippen LogP contribution < -0.4 is 19.6 Å². The van der Waals surface area contributed by atoms with E-state index in [0.29, 0.717) is 46.6 Å². The molecule has 3 aromatic carbocycles. The van der Waals surface area contributed by atoms with Gasteiger partial charge in [-0.25, -0.2) is 5.43 Å². The maximum Gasteiger partial charge on any atom is 0.307 e. The number of amides is 1. The molecule has 1 N–H and O–H groups in total. The second kappa shape index (κ2) is 11.0. The number of carbonyl (C=O) groups is 1. The average Bonchev–Trinajstić information content (AvgIpc) is 3.27. The second-order valence-electron chi connectivity index (χ2n) is 7.75. The first-order chi connectivity index (χ1) is 17.0. The van der Waals surface area contributed by atoms with Crippen LogP contribution in [0.1, 0.15) is 34.2 Å². The van der Waals surface area contributed by atoms with Gasteiger partial charge in [-0.3, -0.25) is 4.79 Å². The van der Waals surface area contributed by atoms with Crippen molar-refractivity contribution in [3.8, 4) is 17.2 Å². The number of furan rings is 1. The van der Waals surface area contributed by atoms with Crippen molar-refractivity contribution >= 4 is 34.7 Å². The molecule has 0 unspecified atom stereocenters. The molecule has 0 fully saturated rings. The van der Waals surface area contributed by atoms with Crippen LogP contribution in [0.2, 0.25) is 5.02 Å². The molecule has 4 aromatic rings. The standard InChI is InChI=1S/C27H25ClN2O5/c1-4-33-21-8-9-23-20(13-21)14-25(35-23)27(31)30-29-15-19-11-22(28)26(24(12-19)32-3)34-16-18-7-5-6-17(2)10-18/h5-15H,4,16H2,1-3H3,(H,30,31)/b29-15+. The Labute approximate surface area is 208 Å². The van der Waals surface area contributed by atoms with Crippen molar-refractivity contribution in [2.75, 3.05) is 13.7 Å². The summed E-state index contributed by atoms with van der Waals surface area (Å²) in [5.74, 6) is 1.27. The van der Waals surface area contributed by atoms with Crippen molar-refractivity contribution < 1.29 is 23.4 Å². The average molecular weight is 493 g/mol. The highest BCUT2D eigenvalue weighted by molar-refractivity contribution is 6.32. The fourth-order valence-corrected chi connectivity index (χ4v) is 3.80. The summed E-state index contributed by atoms with van der Waals surface area (Å²) in [7, 11) is 1.53. The van der Waals surface area contributed by atoms with E-state index in [-0.39, 0.29) is 5.76 Å². The number of nitrogens with one attached hydrogen (secondary N) is 1. The number of halogens is 1. The van der Waals surface area contributed by atoms with Gasteiger partial charge in [-0.05, 0) is 61.4 Å². The third kappa shape index (κ3) is 5.94. The summed E-state index contributed by atoms with van der Waals surface area (Å²) in [6.07, 6.45) is 1.46. The normalized spacial score (nSPS) is 11.1. The van der Waals surface area contributed by atoms with Gasteiger partial charge in [0.05, 0.1) is 25.0 Å². The van der Waals surface area contributed by atoms with E-state index >= 15 is 0 Å². The number of aryl methyl sites for hydroxylation is 1. The molecule has 0 bridgehead atoms. The van der Waals surface area contributed by atoms with Crippen LogP contribution in [-0.2, 0) is 6.61 Å². The van der Waals surface area contributed by atoms with Crippen LogP contribution >= 0.6 is 11.6 Å². The largest absolute Gasteiger partial charge is 0.494 e. The number of hydrogen-bond donors (Lipinski definition) is 1. The van der Waals surface area contributed by atoms with Gasteiger partial charge in [0.15, 0.2) is 17.3 Å². The number of hydrazone groups is 1. The summed E-state index contributed by atoms with van der Waals surface area (Å²) in [4.78, 5) is 12.5. The van der Waals surface area contributed by atoms with Gasteiger partial charge < -0.3 is 18.6 Å². The van der Waals surface area contributed by atoms with Gasteiger partial charge in [-0.15, -0.1) is 0 Å². The Morgan fingerprint density at radius 3 is 2.74 bits per heavy atom. The Morgan fingerprint density at radius 2 is 1.97 bits per heavy atom. The monoisotopic (exact) mass is 492 g/mol. The van der Waals surface area contributed by atoms with Crippen LogP contribution in [0.15, 0.2) is 70.2 Å². The minimum atomic E-state index is -0.480. The van der Waals surface area contributed by atoms with Gasteiger partial charge in [0, 0.05) is 5.39 Å². The zero-order valence-corrected chi connectivity index (χ0v) is 20.4. The number of ether oxygens (including phenoxy) is 3. The summed E-state index contributed by atoms with van der Waals surface area (Å²) in [6.45, 7) is 4.84. The second-order valence-corrected chi connectivity index (χ2v) is 8.16. The number of benzene rings is 3. The number of fused-ring (bicyclic) bond motifs is 1. The van der Waals surface area contributed by atoms with Gasteiger partial charge in [-0.2, -0.15) is 5.10 Å². The van der Waals surface area contributed by atoms with Crippen LogP contribution in [-0.4, -0.2) is 25.8 Å². The number of rotatable bonds is 9. The highest BCUT2D eigenvalue weighted by atomic mass is 35.5. The van der Waals surface area contributed by atoms with Crippen molar-refractivity contribution in [2.45, 2.75) is 20.5 Å². The quantitative estimate of drug-likeness (QED) is 0.224. The van der Waals surface area contributed by atoms with E-state index in [1.807, 2.05) is 44.2 Å². The van der Waals surface area contributed by atoms with Crippen molar-refractivity contribution in [1.82, 2.24) is 5.43 Å². The lowest BCUT2D eigenvalue weighted by molar-refractivity contribution is 0.0929. The van der Waals surface area contributed by atoms with Gasteiger partial charge >= 0.3 is 5.91 Å². The Bertz CT molecular complexity index is 1380. The third-order valence-electron chi connectivity index (χ3n) is 5.12. The van der Waals surface area contributed by atoms with Gasteiger partial charge in [0.1, 0.15) is 17.9 Å². The van der Waals surface area contributed by atoms with E-state index in [1.165, 1.54) is 13.3 Å². The fraction of sp³-hybridized carbons (Fsp3) is 0.185. The highest BCUT2D eigenvalue weighted by Gasteiger charge is 2.14. The van der Waals surface area contributed by atoms with Crippen molar-refractivity contribution in [3.05, 3.63) is 88.1 Å². The first-order valence-electron chi connectivity index (χ1n) is 11.0. The Morgan fingerprint density at radius 1 is 1.11 bits per heavy atom. The lowest BCUT2D eigenvalue weighted by Crippen LogP contribution is -2.16. The number of hydrogen-bond acceptors (Lipinski definition) is 6. The maximum atomic E-state index is 12.5. The lowest BCUT2D eigenvalue weighted by Gasteiger charge is -2.13. The van der Waals surface area contributed by atoms with Gasteiger partial charge in [0.25, 0.3) is 0 Å². The maximum absolute atomic E-state index is 12.5. The predicted molar refractivity (Wildman–Crippen MR) is 136 cm³/mol. The molecule has 0 atom stereocenters. The fourth-order valence-electron chi connectivity index (χ4n) is 3.52. The topological polar surface area (TPSA) is 82.3 Å². The molecule has 8 heteroatoms. The zero-order valence-electron chi connectivity index (χ0n) is 19.6. The molecule has 4 rings (SSSR count). The molecule has 0 radical (unpaired) electrons. The van der Waals surface area contributed by atoms with E-state index in [4.69, 9.17) is 30.2 Å². The molecule has 180 valence electrons. The van der Waals surface area contributed by atoms with Gasteiger partial charge in [-0.1, -0.05) is 41.4 Å². The molecule has 0 saturated carbocycles. The number of nitrogens with zero attached hydrogens (tertiary/aromatic N) is 1. The molecule has 0 aliphatic heterocycles. The van der Waals surface area contributed by atoms with Crippen LogP contribution in [0.25, 0.3) is 11.0 Å². The molecule has 0 aliphatic rings. The Balaban J connectivity index is 1.43. The number of methoxy groups -OCH3 is 1. The SMILES string of the molecule is CCOc1ccc2oc(C(=O)N/N=C/c3cc(Cl)c(OCc4cccc(C)c4)c(OC)c3)cc2c1. The van der Waals surface area contributed by atoms with Crippen LogP contribution in [0, 0.1) is 6.92 Å². The molecule has 35 heavy (non-hydrogen) atoms. The third-order valence-corrected chi connectivity index (χ3v) is 5.40. The predicted octanol–water partition coefficient (Wildman–Crippen LogP) is 6.14. The summed E-state index contributed by atoms with van der Waals surface area (Å²) in [5.41, 5.74) is 5.84. The zero-order chi connectivity index (χ0) is 24.8. The van der Waals surface area contributed by atoms with Crippen molar-refractivity contribution in [3.63, 3.8) is 0 Å². The molecule has 7 nitrogen and oxygen atoms in total. The van der Waals surface area contributed by atoms with Crippen molar-refractivity contribution in [2.24, 2.45) is 5.10 Å². The first kappa shape index (κ1) is 24.2. The Kier molecular flexibility index (Phi) is 7.57. The smallest absolute Gasteiger partial charge is 0.307 e. The first-order valence-corrected chi connectivity index (χ1v) is 11.4. The molecule has 0 aliphatic carbocycles. The van der Waals surface area contributed by atoms with Crippen LogP contribution in [0.3, 0.4) is 0 Å². The molecular formula is C27H25ClN2O5. The lowest BCUT2D eigenvalue weighted by atomic mass is 10.1. The molecule has 1 amide bonds. The van der Waals surface area contributed by atoms with E-state index in [2.05, 4.69) is 10.5 Å². The van der Waals surface area contributed by atoms with E-state index < -0.39 is 5.91 Å². The van der Waals surface area contributed by atoms with E-state index in [9.17, 15) is 4.79 Å². The summed E-state index contributed by atoms with van der Waals surface area (Å²) < 4.78 is 22.5. The van der Waals surface area contributed by atoms with Crippen molar-refractivity contribution in [1.29, 1.82) is 0 Å². The molecule has 1 aromatic heterocycles. The molecular weight excluding hydrogens is 468 g/mol. The summed E-state index contributed by atoms with van der Waals surface area (Å²) >= 11 is 6.45. The molecule has 1 heterocycles. The van der Waals surface area contributed by atoms with Gasteiger partial charge in [0.2, 0.25) is 0 Å². The molecule has 0 saturated heterocycles. The summed E-state index contributed by atoms with van der Waals surface area (Å²) in [5, 5.41) is 5.15. The Hall–Kier alpha value is -3.97. The molecule has 0 spiro atoms. The van der Waals surface area contributed by atoms with Crippen LogP contribution in [0.4, 0.5) is 0 Å². The number of carbonyl (C=O) groups excluding carboxylic acids is 1. The highest BCUT2D eigenvalue weighted by Crippen LogP contribution is 2.36. The van der Waals surface area contributed by atoms with E-state index in [0.717, 1.165) is 16.5 Å². The van der Waals surface area contributed by atoms with E-state index in [1.54, 1.807) is 30.3 Å². The summed E-state index contributed by atoms with van der Waals surface area (Å²) in [6, 6.07) is 18.5. The van der Waals surface area contributed by atoms with Crippen LogP contribution in [0.5, 0.6) is 17.2 Å².